The third-order valence-electron chi connectivity index (χ3n) is 4.20. The summed E-state index contributed by atoms with van der Waals surface area (Å²) in [5, 5.41) is 10.2. The largest absolute Gasteiger partial charge is 0.366 e. The predicted molar refractivity (Wildman–Crippen MR) is 110 cm³/mol. The molecule has 1 amide bonds. The number of anilines is 2. The van der Waals surface area contributed by atoms with Crippen molar-refractivity contribution in [3.63, 3.8) is 0 Å². The first-order chi connectivity index (χ1) is 12.9. The zero-order valence-electron chi connectivity index (χ0n) is 15.6. The molecule has 0 unspecified atom stereocenters. The highest BCUT2D eigenvalue weighted by Crippen LogP contribution is 2.23. The maximum absolute atomic E-state index is 12.6. The standard InChI is InChI=1S/C20H23N5OS/c1-12(2)17-8-7-16(9-13(17)3)22-18(26)15-6-4-5-14(10-15)11-27-20-23-19(21)24-25-20/h4-10,12H,11H2,1-3H3,(H,22,26)(H3,21,23,24,25). The second-order valence-corrected chi connectivity index (χ2v) is 7.63. The number of nitrogen functional groups attached to an aromatic ring is 1. The first kappa shape index (κ1) is 19.0. The topological polar surface area (TPSA) is 96.7 Å². The van der Waals surface area contributed by atoms with Gasteiger partial charge in [0.1, 0.15) is 0 Å². The highest BCUT2D eigenvalue weighted by atomic mass is 32.2. The van der Waals surface area contributed by atoms with E-state index in [0.717, 1.165) is 11.3 Å². The maximum atomic E-state index is 12.6. The highest BCUT2D eigenvalue weighted by molar-refractivity contribution is 7.98. The van der Waals surface area contributed by atoms with Crippen molar-refractivity contribution in [3.05, 3.63) is 64.7 Å². The smallest absolute Gasteiger partial charge is 0.255 e. The van der Waals surface area contributed by atoms with Gasteiger partial charge >= 0.3 is 0 Å². The summed E-state index contributed by atoms with van der Waals surface area (Å²) in [7, 11) is 0. The van der Waals surface area contributed by atoms with Gasteiger partial charge in [-0.2, -0.15) is 4.98 Å². The zero-order valence-corrected chi connectivity index (χ0v) is 16.4. The molecule has 0 saturated carbocycles. The van der Waals surface area contributed by atoms with Crippen molar-refractivity contribution in [2.45, 2.75) is 37.6 Å². The number of aromatic amines is 1. The summed E-state index contributed by atoms with van der Waals surface area (Å²) in [6, 6.07) is 13.6. The molecular weight excluding hydrogens is 358 g/mol. The van der Waals surface area contributed by atoms with Gasteiger partial charge in [-0.1, -0.05) is 43.8 Å². The molecule has 0 spiro atoms. The summed E-state index contributed by atoms with van der Waals surface area (Å²) in [6.07, 6.45) is 0. The minimum absolute atomic E-state index is 0.123. The Hall–Kier alpha value is -2.80. The minimum atomic E-state index is -0.123. The lowest BCUT2D eigenvalue weighted by Crippen LogP contribution is -2.12. The van der Waals surface area contributed by atoms with Crippen molar-refractivity contribution in [1.29, 1.82) is 0 Å². The summed E-state index contributed by atoms with van der Waals surface area (Å²) in [5.74, 6) is 1.23. The van der Waals surface area contributed by atoms with E-state index in [1.54, 1.807) is 0 Å². The van der Waals surface area contributed by atoms with Gasteiger partial charge < -0.3 is 11.1 Å². The summed E-state index contributed by atoms with van der Waals surface area (Å²) < 4.78 is 0. The molecule has 0 fully saturated rings. The number of hydrogen-bond donors (Lipinski definition) is 3. The number of carbonyl (C=O) groups excluding carboxylic acids is 1. The number of rotatable bonds is 6. The summed E-state index contributed by atoms with van der Waals surface area (Å²) >= 11 is 1.48. The number of amides is 1. The van der Waals surface area contributed by atoms with E-state index in [1.165, 1.54) is 22.9 Å². The summed E-state index contributed by atoms with van der Waals surface area (Å²) in [6.45, 7) is 6.40. The van der Waals surface area contributed by atoms with Crippen molar-refractivity contribution in [3.8, 4) is 0 Å². The van der Waals surface area contributed by atoms with Crippen LogP contribution in [0.2, 0.25) is 0 Å². The van der Waals surface area contributed by atoms with Crippen LogP contribution in [0.1, 0.15) is 46.8 Å². The van der Waals surface area contributed by atoms with Crippen LogP contribution in [0.4, 0.5) is 11.6 Å². The van der Waals surface area contributed by atoms with Crippen molar-refractivity contribution < 1.29 is 4.79 Å². The third-order valence-corrected chi connectivity index (χ3v) is 5.13. The van der Waals surface area contributed by atoms with Gasteiger partial charge in [0.25, 0.3) is 5.91 Å². The Balaban J connectivity index is 1.67. The molecule has 3 rings (SSSR count). The molecule has 27 heavy (non-hydrogen) atoms. The van der Waals surface area contributed by atoms with Gasteiger partial charge in [-0.3, -0.25) is 9.89 Å². The normalized spacial score (nSPS) is 11.0. The van der Waals surface area contributed by atoms with E-state index in [4.69, 9.17) is 5.73 Å². The molecule has 0 aliphatic carbocycles. The molecule has 4 N–H and O–H groups in total. The molecule has 1 aromatic heterocycles. The Bertz CT molecular complexity index is 951. The second kappa shape index (κ2) is 8.26. The van der Waals surface area contributed by atoms with Gasteiger partial charge in [0.05, 0.1) is 0 Å². The Labute approximate surface area is 163 Å². The Morgan fingerprint density at radius 1 is 1.26 bits per heavy atom. The molecule has 140 valence electrons. The quantitative estimate of drug-likeness (QED) is 0.551. The van der Waals surface area contributed by atoms with E-state index in [2.05, 4.69) is 47.3 Å². The van der Waals surface area contributed by atoms with Crippen LogP contribution in [-0.4, -0.2) is 21.1 Å². The minimum Gasteiger partial charge on any atom is -0.366 e. The number of aromatic nitrogens is 3. The first-order valence-corrected chi connectivity index (χ1v) is 9.72. The number of nitrogens with two attached hydrogens (primary N) is 1. The van der Waals surface area contributed by atoms with Crippen LogP contribution in [0.5, 0.6) is 0 Å². The van der Waals surface area contributed by atoms with Crippen LogP contribution in [-0.2, 0) is 5.75 Å². The number of carbonyl (C=O) groups is 1. The number of nitrogens with zero attached hydrogens (tertiary/aromatic N) is 2. The van der Waals surface area contributed by atoms with E-state index >= 15 is 0 Å². The second-order valence-electron chi connectivity index (χ2n) is 6.67. The van der Waals surface area contributed by atoms with Crippen molar-refractivity contribution in [2.24, 2.45) is 0 Å². The van der Waals surface area contributed by atoms with Gasteiger partial charge in [-0.15, -0.1) is 5.10 Å². The van der Waals surface area contributed by atoms with Crippen LogP contribution >= 0.6 is 11.8 Å². The Morgan fingerprint density at radius 3 is 2.74 bits per heavy atom. The van der Waals surface area contributed by atoms with Gasteiger partial charge in [0, 0.05) is 17.0 Å². The summed E-state index contributed by atoms with van der Waals surface area (Å²) in [4.78, 5) is 16.7. The molecule has 0 aliphatic rings. The fraction of sp³-hybridized carbons (Fsp3) is 0.250. The fourth-order valence-corrected chi connectivity index (χ4v) is 3.63. The molecule has 0 atom stereocenters. The van der Waals surface area contributed by atoms with Gasteiger partial charge in [0.2, 0.25) is 5.95 Å². The molecule has 0 aliphatic heterocycles. The van der Waals surface area contributed by atoms with E-state index in [9.17, 15) is 4.79 Å². The predicted octanol–water partition coefficient (Wildman–Crippen LogP) is 4.36. The van der Waals surface area contributed by atoms with Crippen LogP contribution in [0.25, 0.3) is 0 Å². The van der Waals surface area contributed by atoms with Crippen molar-refractivity contribution in [1.82, 2.24) is 15.2 Å². The van der Waals surface area contributed by atoms with Gasteiger partial charge in [-0.25, -0.2) is 0 Å². The molecular formula is C20H23N5OS. The van der Waals surface area contributed by atoms with Crippen LogP contribution in [0.15, 0.2) is 47.6 Å². The number of hydrogen-bond acceptors (Lipinski definition) is 5. The van der Waals surface area contributed by atoms with E-state index in [1.807, 2.05) is 36.4 Å². The molecule has 0 saturated heterocycles. The van der Waals surface area contributed by atoms with E-state index < -0.39 is 0 Å². The number of aryl methyl sites for hydroxylation is 1. The van der Waals surface area contributed by atoms with Crippen molar-refractivity contribution >= 4 is 29.3 Å². The summed E-state index contributed by atoms with van der Waals surface area (Å²) in [5.41, 5.74) is 10.4. The lowest BCUT2D eigenvalue weighted by molar-refractivity contribution is 0.102. The van der Waals surface area contributed by atoms with Gasteiger partial charge in [0.15, 0.2) is 5.16 Å². The molecule has 2 aromatic carbocycles. The highest BCUT2D eigenvalue weighted by Gasteiger charge is 2.10. The SMILES string of the molecule is Cc1cc(NC(=O)c2cccc(CSc3nc(N)n[nH]3)c2)ccc1C(C)C. The van der Waals surface area contributed by atoms with Gasteiger partial charge in [-0.05, 0) is 53.8 Å². The molecule has 1 heterocycles. The molecule has 6 nitrogen and oxygen atoms in total. The fourth-order valence-electron chi connectivity index (χ4n) is 2.88. The number of H-pyrrole nitrogens is 1. The van der Waals surface area contributed by atoms with Crippen LogP contribution in [0.3, 0.4) is 0 Å². The monoisotopic (exact) mass is 381 g/mol. The maximum Gasteiger partial charge on any atom is 0.255 e. The molecule has 0 bridgehead atoms. The zero-order chi connectivity index (χ0) is 19.4. The van der Waals surface area contributed by atoms with Crippen LogP contribution in [0, 0.1) is 6.92 Å². The Kier molecular flexibility index (Phi) is 5.81. The third kappa shape index (κ3) is 4.89. The first-order valence-electron chi connectivity index (χ1n) is 8.74. The lowest BCUT2D eigenvalue weighted by Gasteiger charge is -2.12. The molecule has 0 radical (unpaired) electrons. The van der Waals surface area contributed by atoms with Crippen molar-refractivity contribution in [2.75, 3.05) is 11.1 Å². The lowest BCUT2D eigenvalue weighted by atomic mass is 9.97. The van der Waals surface area contributed by atoms with E-state index in [0.29, 0.717) is 22.4 Å². The molecule has 7 heteroatoms. The number of nitrogens with one attached hydrogen (secondary N) is 2. The Morgan fingerprint density at radius 2 is 2.07 bits per heavy atom. The average Bonchev–Trinajstić information content (AvgIpc) is 3.05. The van der Waals surface area contributed by atoms with E-state index in [-0.39, 0.29) is 11.9 Å². The van der Waals surface area contributed by atoms with Crippen LogP contribution < -0.4 is 11.1 Å². The average molecular weight is 382 g/mol. The number of benzene rings is 2. The molecule has 3 aromatic rings. The number of thioether (sulfide) groups is 1.